The van der Waals surface area contributed by atoms with Gasteiger partial charge in [0.1, 0.15) is 17.4 Å². The molecule has 0 aliphatic carbocycles. The number of aliphatic hydroxyl groups excluding tert-OH is 1. The van der Waals surface area contributed by atoms with Crippen molar-refractivity contribution in [2.24, 2.45) is 0 Å². The summed E-state index contributed by atoms with van der Waals surface area (Å²) < 4.78 is 14.7. The van der Waals surface area contributed by atoms with E-state index in [0.717, 1.165) is 47.9 Å². The van der Waals surface area contributed by atoms with Gasteiger partial charge in [0.15, 0.2) is 0 Å². The first-order chi connectivity index (χ1) is 20.9. The number of rotatable bonds is 10. The van der Waals surface area contributed by atoms with Crippen molar-refractivity contribution in [2.45, 2.75) is 63.6 Å². The fourth-order valence-electron chi connectivity index (χ4n) is 6.21. The van der Waals surface area contributed by atoms with Crippen molar-refractivity contribution in [3.63, 3.8) is 0 Å². The number of ether oxygens (including phenoxy) is 2. The molecule has 6 heteroatoms. The predicted octanol–water partition coefficient (Wildman–Crippen LogP) is 8.66. The van der Waals surface area contributed by atoms with Crippen molar-refractivity contribution in [2.75, 3.05) is 0 Å². The third kappa shape index (κ3) is 5.61. The van der Waals surface area contributed by atoms with Gasteiger partial charge in [-0.1, -0.05) is 122 Å². The lowest BCUT2D eigenvalue weighted by molar-refractivity contribution is -0.198. The van der Waals surface area contributed by atoms with E-state index in [0.29, 0.717) is 28.6 Å². The molecule has 0 spiro atoms. The van der Waals surface area contributed by atoms with Crippen LogP contribution in [0, 0.1) is 0 Å². The predicted molar refractivity (Wildman–Crippen MR) is 170 cm³/mol. The van der Waals surface area contributed by atoms with Crippen molar-refractivity contribution in [1.29, 1.82) is 0 Å². The van der Waals surface area contributed by atoms with Gasteiger partial charge in [-0.05, 0) is 35.2 Å². The van der Waals surface area contributed by atoms with Gasteiger partial charge in [-0.3, -0.25) is 0 Å². The largest absolute Gasteiger partial charge is 0.462 e. The minimum Gasteiger partial charge on any atom is -0.462 e. The molecule has 2 unspecified atom stereocenters. The Morgan fingerprint density at radius 1 is 0.907 bits per heavy atom. The Balaban J connectivity index is 1.46. The summed E-state index contributed by atoms with van der Waals surface area (Å²) in [4.78, 5) is 4.79. The van der Waals surface area contributed by atoms with E-state index in [1.807, 2.05) is 37.4 Å². The number of halogens is 1. The molecule has 5 aromatic rings. The van der Waals surface area contributed by atoms with Crippen LogP contribution >= 0.6 is 11.6 Å². The molecule has 43 heavy (non-hydrogen) atoms. The summed E-state index contributed by atoms with van der Waals surface area (Å²) in [7, 11) is 0. The minimum absolute atomic E-state index is 0.367. The molecule has 0 bridgehead atoms. The van der Waals surface area contributed by atoms with Gasteiger partial charge in [-0.25, -0.2) is 4.98 Å². The molecule has 4 aromatic carbocycles. The van der Waals surface area contributed by atoms with E-state index in [1.54, 1.807) is 12.4 Å². The van der Waals surface area contributed by atoms with Crippen LogP contribution in [0.1, 0.15) is 79.1 Å². The van der Waals surface area contributed by atoms with Crippen LogP contribution in [0.25, 0.3) is 0 Å². The number of aliphatic hydroxyl groups is 1. The maximum absolute atomic E-state index is 11.9. The Morgan fingerprint density at radius 3 is 2.05 bits per heavy atom. The van der Waals surface area contributed by atoms with Crippen LogP contribution in [0.2, 0.25) is 5.02 Å². The van der Waals surface area contributed by atoms with Crippen LogP contribution < -0.4 is 4.74 Å². The van der Waals surface area contributed by atoms with Crippen LogP contribution in [-0.4, -0.2) is 20.4 Å². The molecule has 1 aromatic heterocycles. The van der Waals surface area contributed by atoms with E-state index in [1.165, 1.54) is 0 Å². The Bertz CT molecular complexity index is 1560. The van der Waals surface area contributed by atoms with E-state index < -0.39 is 17.4 Å². The lowest BCUT2D eigenvalue weighted by Crippen LogP contribution is -2.39. The second kappa shape index (κ2) is 12.4. The van der Waals surface area contributed by atoms with Crippen LogP contribution in [0.4, 0.5) is 0 Å². The first-order valence-corrected chi connectivity index (χ1v) is 15.4. The highest BCUT2D eigenvalue weighted by Crippen LogP contribution is 2.44. The molecule has 0 saturated heterocycles. The fraction of sp³-hybridized carbons (Fsp3) is 0.270. The Labute approximate surface area is 258 Å². The highest BCUT2D eigenvalue weighted by molar-refractivity contribution is 6.30. The molecule has 1 aliphatic rings. The molecule has 1 aliphatic heterocycles. The number of hydrogen-bond donors (Lipinski definition) is 1. The zero-order valence-electron chi connectivity index (χ0n) is 24.6. The number of imidazole rings is 1. The summed E-state index contributed by atoms with van der Waals surface area (Å²) in [6.45, 7) is 4.52. The molecule has 0 radical (unpaired) electrons. The first kappa shape index (κ1) is 29.2. The third-order valence-electron chi connectivity index (χ3n) is 8.38. The van der Waals surface area contributed by atoms with Crippen molar-refractivity contribution in [1.82, 2.24) is 9.55 Å². The summed E-state index contributed by atoms with van der Waals surface area (Å²) in [6.07, 6.45) is 6.66. The maximum atomic E-state index is 11.9. The van der Waals surface area contributed by atoms with Crippen molar-refractivity contribution in [3.8, 4) is 5.75 Å². The zero-order valence-corrected chi connectivity index (χ0v) is 25.4. The minimum atomic E-state index is -1.06. The summed E-state index contributed by atoms with van der Waals surface area (Å²) in [5.74, 6) is -0.149. The number of fused-ring (bicyclic) bond motifs is 1. The van der Waals surface area contributed by atoms with Gasteiger partial charge >= 0.3 is 0 Å². The topological polar surface area (TPSA) is 56.5 Å². The van der Waals surface area contributed by atoms with Gasteiger partial charge in [-0.15, -0.1) is 0 Å². The van der Waals surface area contributed by atoms with E-state index in [2.05, 4.69) is 84.3 Å². The van der Waals surface area contributed by atoms with E-state index in [4.69, 9.17) is 26.1 Å². The number of aromatic nitrogens is 2. The second-order valence-corrected chi connectivity index (χ2v) is 11.8. The molecule has 2 heterocycles. The lowest BCUT2D eigenvalue weighted by Gasteiger charge is -2.37. The smallest absolute Gasteiger partial charge is 0.208 e. The molecule has 0 saturated carbocycles. The molecule has 0 amide bonds. The third-order valence-corrected chi connectivity index (χ3v) is 8.60. The van der Waals surface area contributed by atoms with E-state index >= 15 is 0 Å². The Hall–Kier alpha value is -3.90. The fourth-order valence-corrected chi connectivity index (χ4v) is 6.46. The highest BCUT2D eigenvalue weighted by atomic mass is 35.5. The van der Waals surface area contributed by atoms with Gasteiger partial charge in [0.2, 0.25) is 5.79 Å². The molecule has 5 nitrogen and oxygen atoms in total. The standard InChI is InChI=1S/C37H37ClN2O3/c1-3-4-14-21-36(2)42-25-27-22-31(38)23-32(35(27)43-36)34(41)33-24-40(26-39-33)37(28-15-8-5-9-16-28,29-17-10-6-11-18-29)30-19-12-7-13-20-30/h5-13,15-20,22-24,26,34,41H,3-4,14,21,25H2,1-2H3. The highest BCUT2D eigenvalue weighted by Gasteiger charge is 2.40. The molecule has 1 N–H and O–H groups in total. The zero-order chi connectivity index (χ0) is 29.9. The van der Waals surface area contributed by atoms with E-state index in [9.17, 15) is 5.11 Å². The first-order valence-electron chi connectivity index (χ1n) is 15.0. The summed E-state index contributed by atoms with van der Waals surface area (Å²) >= 11 is 6.56. The average Bonchev–Trinajstić information content (AvgIpc) is 3.53. The van der Waals surface area contributed by atoms with Crippen molar-refractivity contribution in [3.05, 3.63) is 154 Å². The van der Waals surface area contributed by atoms with Crippen LogP contribution in [0.3, 0.4) is 0 Å². The Morgan fingerprint density at radius 2 is 1.49 bits per heavy atom. The molecule has 220 valence electrons. The van der Waals surface area contributed by atoms with Crippen LogP contribution in [0.5, 0.6) is 5.75 Å². The molecular weight excluding hydrogens is 556 g/mol. The summed E-state index contributed by atoms with van der Waals surface area (Å²) in [5.41, 5.74) is 4.41. The molecule has 0 fully saturated rings. The van der Waals surface area contributed by atoms with Crippen LogP contribution in [-0.2, 0) is 16.9 Å². The van der Waals surface area contributed by atoms with Gasteiger partial charge in [-0.2, -0.15) is 0 Å². The van der Waals surface area contributed by atoms with Crippen LogP contribution in [0.15, 0.2) is 116 Å². The normalized spacial score (nSPS) is 17.2. The number of nitrogens with zero attached hydrogens (tertiary/aromatic N) is 2. The number of hydrogen-bond acceptors (Lipinski definition) is 4. The van der Waals surface area contributed by atoms with Gasteiger partial charge < -0.3 is 19.1 Å². The Kier molecular flexibility index (Phi) is 8.40. The molecule has 2 atom stereocenters. The SMILES string of the molecule is CCCCCC1(C)OCc2cc(Cl)cc(C(O)c3cn(C(c4ccccc4)(c4ccccc4)c4ccccc4)cn3)c2O1. The average molecular weight is 593 g/mol. The number of benzene rings is 4. The van der Waals surface area contributed by atoms with Crippen molar-refractivity contribution >= 4 is 11.6 Å². The van der Waals surface area contributed by atoms with Gasteiger partial charge in [0.25, 0.3) is 0 Å². The van der Waals surface area contributed by atoms with Gasteiger partial charge in [0.05, 0.1) is 18.6 Å². The monoisotopic (exact) mass is 592 g/mol. The van der Waals surface area contributed by atoms with Crippen molar-refractivity contribution < 1.29 is 14.6 Å². The maximum Gasteiger partial charge on any atom is 0.208 e. The quantitative estimate of drug-likeness (QED) is 0.130. The number of unbranched alkanes of at least 4 members (excludes halogenated alkanes) is 2. The lowest BCUT2D eigenvalue weighted by atomic mass is 9.77. The molecular formula is C37H37ClN2O3. The summed E-state index contributed by atoms with van der Waals surface area (Å²) in [5, 5.41) is 12.4. The van der Waals surface area contributed by atoms with Gasteiger partial charge in [0, 0.05) is 35.7 Å². The molecule has 6 rings (SSSR count). The van der Waals surface area contributed by atoms with E-state index in [-0.39, 0.29) is 0 Å². The second-order valence-electron chi connectivity index (χ2n) is 11.4. The summed E-state index contributed by atoms with van der Waals surface area (Å²) in [6, 6.07) is 34.8.